The number of nitrogens with zero attached hydrogens (tertiary/aromatic N) is 1. The summed E-state index contributed by atoms with van der Waals surface area (Å²) in [5.41, 5.74) is 4.43. The van der Waals surface area contributed by atoms with Crippen molar-refractivity contribution >= 4 is 18.0 Å². The Bertz CT molecular complexity index is 769. The Morgan fingerprint density at radius 2 is 1.83 bits per heavy atom. The highest BCUT2D eigenvalue weighted by molar-refractivity contribution is 5.89. The fourth-order valence-corrected chi connectivity index (χ4v) is 2.54. The fourth-order valence-electron chi connectivity index (χ4n) is 2.54. The van der Waals surface area contributed by atoms with Crippen molar-refractivity contribution in [3.05, 3.63) is 58.9 Å². The number of rotatable bonds is 5. The molecule has 0 bridgehead atoms. The molecule has 1 heterocycles. The van der Waals surface area contributed by atoms with Crippen LogP contribution in [0.1, 0.15) is 34.2 Å². The Morgan fingerprint density at radius 3 is 2.42 bits per heavy atom. The van der Waals surface area contributed by atoms with Crippen LogP contribution in [0.25, 0.3) is 11.8 Å². The zero-order valence-electron chi connectivity index (χ0n) is 14.3. The van der Waals surface area contributed by atoms with Crippen molar-refractivity contribution in [3.63, 3.8) is 0 Å². The second kappa shape index (κ2) is 7.64. The normalized spacial score (nSPS) is 10.8. The lowest BCUT2D eigenvalue weighted by Crippen LogP contribution is -2.05. The molecule has 5 heteroatoms. The number of aryl methyl sites for hydroxylation is 1. The maximum absolute atomic E-state index is 11.7. The highest BCUT2D eigenvalue weighted by Crippen LogP contribution is 2.22. The molecule has 2 aromatic rings. The maximum Gasteiger partial charge on any atom is 0.338 e. The predicted molar refractivity (Wildman–Crippen MR) is 92.2 cm³/mol. The second-order valence-electron chi connectivity index (χ2n) is 5.29. The molecule has 2 rings (SSSR count). The Morgan fingerprint density at radius 1 is 1.17 bits per heavy atom. The lowest BCUT2D eigenvalue weighted by molar-refractivity contribution is -0.134. The van der Waals surface area contributed by atoms with Crippen molar-refractivity contribution in [3.8, 4) is 5.69 Å². The molecule has 0 amide bonds. The SMILES string of the molecule is CCOC(=O)c1ccc(-n2c(C)cc(C=CC(=O)OC)c2C)cc1. The Balaban J connectivity index is 2.32. The van der Waals surface area contributed by atoms with Gasteiger partial charge in [-0.1, -0.05) is 0 Å². The smallest absolute Gasteiger partial charge is 0.338 e. The van der Waals surface area contributed by atoms with E-state index in [0.29, 0.717) is 12.2 Å². The molecule has 0 fully saturated rings. The summed E-state index contributed by atoms with van der Waals surface area (Å²) in [6.45, 7) is 6.10. The van der Waals surface area contributed by atoms with E-state index in [1.54, 1.807) is 25.1 Å². The van der Waals surface area contributed by atoms with E-state index in [0.717, 1.165) is 22.6 Å². The zero-order valence-corrected chi connectivity index (χ0v) is 14.3. The summed E-state index contributed by atoms with van der Waals surface area (Å²) >= 11 is 0. The third kappa shape index (κ3) is 3.74. The van der Waals surface area contributed by atoms with E-state index in [9.17, 15) is 9.59 Å². The first kappa shape index (κ1) is 17.5. The van der Waals surface area contributed by atoms with E-state index in [2.05, 4.69) is 9.30 Å². The van der Waals surface area contributed by atoms with Crippen molar-refractivity contribution in [1.29, 1.82) is 0 Å². The monoisotopic (exact) mass is 327 g/mol. The Hall–Kier alpha value is -2.82. The highest BCUT2D eigenvalue weighted by Gasteiger charge is 2.11. The summed E-state index contributed by atoms with van der Waals surface area (Å²) in [7, 11) is 1.35. The predicted octanol–water partition coefficient (Wildman–Crippen LogP) is 3.46. The summed E-state index contributed by atoms with van der Waals surface area (Å²) in [4.78, 5) is 23.0. The third-order valence-corrected chi connectivity index (χ3v) is 3.71. The van der Waals surface area contributed by atoms with Crippen molar-refractivity contribution in [2.75, 3.05) is 13.7 Å². The van der Waals surface area contributed by atoms with Crippen LogP contribution in [0, 0.1) is 13.8 Å². The largest absolute Gasteiger partial charge is 0.466 e. The van der Waals surface area contributed by atoms with E-state index in [-0.39, 0.29) is 5.97 Å². The molecule has 0 N–H and O–H groups in total. The Labute approximate surface area is 141 Å². The lowest BCUT2D eigenvalue weighted by Gasteiger charge is -2.10. The minimum atomic E-state index is -0.390. The van der Waals surface area contributed by atoms with Gasteiger partial charge in [0.25, 0.3) is 0 Å². The van der Waals surface area contributed by atoms with Crippen LogP contribution in [0.15, 0.2) is 36.4 Å². The first-order valence-corrected chi connectivity index (χ1v) is 7.70. The number of aromatic nitrogens is 1. The molecule has 0 spiro atoms. The Kier molecular flexibility index (Phi) is 5.58. The summed E-state index contributed by atoms with van der Waals surface area (Å²) in [5, 5.41) is 0. The van der Waals surface area contributed by atoms with Crippen LogP contribution < -0.4 is 0 Å². The third-order valence-electron chi connectivity index (χ3n) is 3.71. The van der Waals surface area contributed by atoms with Gasteiger partial charge in [-0.15, -0.1) is 0 Å². The molecule has 0 aliphatic rings. The van der Waals surface area contributed by atoms with Crippen LogP contribution in [0.4, 0.5) is 0 Å². The van der Waals surface area contributed by atoms with Crippen LogP contribution in [0.2, 0.25) is 0 Å². The number of carbonyl (C=O) groups excluding carboxylic acids is 2. The molecule has 126 valence electrons. The van der Waals surface area contributed by atoms with E-state index in [1.807, 2.05) is 32.0 Å². The van der Waals surface area contributed by atoms with Crippen molar-refractivity contribution in [2.45, 2.75) is 20.8 Å². The van der Waals surface area contributed by atoms with Crippen LogP contribution in [-0.2, 0) is 14.3 Å². The van der Waals surface area contributed by atoms with Gasteiger partial charge in [0.15, 0.2) is 0 Å². The minimum absolute atomic E-state index is 0.327. The first-order valence-electron chi connectivity index (χ1n) is 7.70. The number of ether oxygens (including phenoxy) is 2. The van der Waals surface area contributed by atoms with Gasteiger partial charge >= 0.3 is 11.9 Å². The molecule has 0 aliphatic heterocycles. The van der Waals surface area contributed by atoms with Crippen molar-refractivity contribution in [2.24, 2.45) is 0 Å². The summed E-state index contributed by atoms with van der Waals surface area (Å²) in [6, 6.07) is 9.24. The number of methoxy groups -OCH3 is 1. The number of hydrogen-bond donors (Lipinski definition) is 0. The lowest BCUT2D eigenvalue weighted by atomic mass is 10.2. The quantitative estimate of drug-likeness (QED) is 0.623. The van der Waals surface area contributed by atoms with Gasteiger partial charge in [-0.2, -0.15) is 0 Å². The first-order chi connectivity index (χ1) is 11.5. The van der Waals surface area contributed by atoms with Gasteiger partial charge in [0, 0.05) is 23.2 Å². The zero-order chi connectivity index (χ0) is 17.7. The van der Waals surface area contributed by atoms with Crippen molar-refractivity contribution < 1.29 is 19.1 Å². The molecule has 1 aromatic heterocycles. The average Bonchev–Trinajstić information content (AvgIpc) is 2.87. The molecule has 0 saturated carbocycles. The number of benzene rings is 1. The molecular weight excluding hydrogens is 306 g/mol. The molecule has 0 aliphatic carbocycles. The van der Waals surface area contributed by atoms with Crippen LogP contribution >= 0.6 is 0 Å². The van der Waals surface area contributed by atoms with E-state index < -0.39 is 5.97 Å². The standard InChI is InChI=1S/C19H21NO4/c1-5-24-19(22)15-6-9-17(10-7-15)20-13(2)12-16(14(20)3)8-11-18(21)23-4/h6-12H,5H2,1-4H3. The van der Waals surface area contributed by atoms with Gasteiger partial charge < -0.3 is 14.0 Å². The van der Waals surface area contributed by atoms with Gasteiger partial charge in [-0.3, -0.25) is 0 Å². The van der Waals surface area contributed by atoms with Crippen LogP contribution in [0.3, 0.4) is 0 Å². The summed E-state index contributed by atoms with van der Waals surface area (Å²) in [6.07, 6.45) is 3.13. The average molecular weight is 327 g/mol. The maximum atomic E-state index is 11.7. The minimum Gasteiger partial charge on any atom is -0.466 e. The van der Waals surface area contributed by atoms with Crippen LogP contribution in [-0.4, -0.2) is 30.2 Å². The van der Waals surface area contributed by atoms with Gasteiger partial charge in [0.2, 0.25) is 0 Å². The molecular formula is C19H21NO4. The van der Waals surface area contributed by atoms with Crippen molar-refractivity contribution in [1.82, 2.24) is 4.57 Å². The summed E-state index contributed by atoms with van der Waals surface area (Å²) < 4.78 is 11.7. The van der Waals surface area contributed by atoms with Gasteiger partial charge in [-0.05, 0) is 62.7 Å². The number of carbonyl (C=O) groups is 2. The van der Waals surface area contributed by atoms with E-state index in [1.165, 1.54) is 13.2 Å². The molecule has 1 aromatic carbocycles. The second-order valence-corrected chi connectivity index (χ2v) is 5.29. The number of hydrogen-bond acceptors (Lipinski definition) is 4. The molecule has 5 nitrogen and oxygen atoms in total. The molecule has 0 saturated heterocycles. The molecule has 24 heavy (non-hydrogen) atoms. The summed E-state index contributed by atoms with van der Waals surface area (Å²) in [5.74, 6) is -0.717. The van der Waals surface area contributed by atoms with Gasteiger partial charge in [0.1, 0.15) is 0 Å². The fraction of sp³-hybridized carbons (Fsp3) is 0.263. The topological polar surface area (TPSA) is 57.5 Å². The van der Waals surface area contributed by atoms with E-state index >= 15 is 0 Å². The van der Waals surface area contributed by atoms with Crippen LogP contribution in [0.5, 0.6) is 0 Å². The highest BCUT2D eigenvalue weighted by atomic mass is 16.5. The van der Waals surface area contributed by atoms with E-state index in [4.69, 9.17) is 4.74 Å². The molecule has 0 radical (unpaired) electrons. The molecule has 0 unspecified atom stereocenters. The van der Waals surface area contributed by atoms with Gasteiger partial charge in [-0.25, -0.2) is 9.59 Å². The van der Waals surface area contributed by atoms with Gasteiger partial charge in [0.05, 0.1) is 19.3 Å². The molecule has 0 atom stereocenters. The number of esters is 2.